The molecule has 0 amide bonds. The van der Waals surface area contributed by atoms with Gasteiger partial charge in [0.15, 0.2) is 0 Å². The van der Waals surface area contributed by atoms with Gasteiger partial charge < -0.3 is 10.1 Å². The predicted octanol–water partition coefficient (Wildman–Crippen LogP) is 2.06. The van der Waals surface area contributed by atoms with E-state index in [1.807, 2.05) is 12.3 Å². The van der Waals surface area contributed by atoms with E-state index in [2.05, 4.69) is 34.4 Å². The van der Waals surface area contributed by atoms with Crippen molar-refractivity contribution in [1.82, 2.24) is 15.2 Å². The Balaban J connectivity index is 1.57. The van der Waals surface area contributed by atoms with Crippen molar-refractivity contribution >= 4 is 0 Å². The summed E-state index contributed by atoms with van der Waals surface area (Å²) in [5.74, 6) is 0. The maximum absolute atomic E-state index is 5.81. The molecule has 4 heteroatoms. The van der Waals surface area contributed by atoms with E-state index in [-0.39, 0.29) is 5.41 Å². The van der Waals surface area contributed by atoms with Crippen molar-refractivity contribution in [2.75, 3.05) is 33.4 Å². The van der Waals surface area contributed by atoms with Crippen LogP contribution in [0.15, 0.2) is 24.4 Å². The average Bonchev–Trinajstić information content (AvgIpc) is 3.31. The number of nitrogens with one attached hydrogen (secondary N) is 1. The van der Waals surface area contributed by atoms with Crippen LogP contribution in [0, 0.1) is 5.41 Å². The molecule has 3 rings (SSSR count). The molecule has 1 aliphatic carbocycles. The Bertz CT molecular complexity index is 427. The fourth-order valence-corrected chi connectivity index (χ4v) is 3.28. The Labute approximate surface area is 127 Å². The highest BCUT2D eigenvalue weighted by atomic mass is 16.5. The zero-order valence-corrected chi connectivity index (χ0v) is 13.1. The summed E-state index contributed by atoms with van der Waals surface area (Å²) in [6.07, 6.45) is 7.02. The largest absolute Gasteiger partial charge is 0.381 e. The lowest BCUT2D eigenvalue weighted by Gasteiger charge is -2.40. The van der Waals surface area contributed by atoms with Crippen LogP contribution in [0.4, 0.5) is 0 Å². The van der Waals surface area contributed by atoms with Gasteiger partial charge in [-0.1, -0.05) is 6.07 Å². The summed E-state index contributed by atoms with van der Waals surface area (Å²) in [6, 6.07) is 6.90. The molecule has 1 aromatic heterocycles. The molecule has 1 unspecified atom stereocenters. The minimum atomic E-state index is 0.268. The van der Waals surface area contributed by atoms with Gasteiger partial charge in [-0.15, -0.1) is 0 Å². The van der Waals surface area contributed by atoms with Crippen LogP contribution >= 0.6 is 0 Å². The van der Waals surface area contributed by atoms with E-state index in [0.717, 1.165) is 44.6 Å². The fraction of sp³-hybridized carbons (Fsp3) is 0.706. The van der Waals surface area contributed by atoms with E-state index in [4.69, 9.17) is 4.74 Å². The van der Waals surface area contributed by atoms with Crippen LogP contribution < -0.4 is 5.32 Å². The molecule has 2 aliphatic rings. The van der Waals surface area contributed by atoms with Gasteiger partial charge in [-0.25, -0.2) is 0 Å². The van der Waals surface area contributed by atoms with Crippen LogP contribution in [-0.4, -0.2) is 49.3 Å². The van der Waals surface area contributed by atoms with Gasteiger partial charge in [0, 0.05) is 43.9 Å². The van der Waals surface area contributed by atoms with Gasteiger partial charge in [0.2, 0.25) is 0 Å². The van der Waals surface area contributed by atoms with Crippen LogP contribution in [0.1, 0.15) is 31.4 Å². The van der Waals surface area contributed by atoms with E-state index in [0.29, 0.717) is 0 Å². The van der Waals surface area contributed by atoms with Crippen molar-refractivity contribution in [2.45, 2.75) is 38.3 Å². The molecular weight excluding hydrogens is 262 g/mol. The van der Waals surface area contributed by atoms with E-state index in [1.54, 1.807) is 0 Å². The van der Waals surface area contributed by atoms with E-state index < -0.39 is 0 Å². The lowest BCUT2D eigenvalue weighted by atomic mass is 9.81. The van der Waals surface area contributed by atoms with Gasteiger partial charge in [0.25, 0.3) is 0 Å². The molecule has 1 aromatic rings. The highest BCUT2D eigenvalue weighted by Crippen LogP contribution is 2.31. The molecule has 1 saturated heterocycles. The molecule has 0 radical (unpaired) electrons. The standard InChI is InChI=1S/C17H27N3O/c1-20(11-16-5-2-3-9-18-16)13-17(8-4-10-21-14-17)12-19-15-6-7-15/h2-3,5,9,15,19H,4,6-8,10-14H2,1H3. The maximum atomic E-state index is 5.81. The summed E-state index contributed by atoms with van der Waals surface area (Å²) in [4.78, 5) is 6.82. The Morgan fingerprint density at radius 3 is 3.00 bits per heavy atom. The highest BCUT2D eigenvalue weighted by molar-refractivity contribution is 5.03. The quantitative estimate of drug-likeness (QED) is 0.834. The van der Waals surface area contributed by atoms with Crippen LogP contribution in [0.2, 0.25) is 0 Å². The summed E-state index contributed by atoms with van der Waals surface area (Å²) < 4.78 is 5.81. The highest BCUT2D eigenvalue weighted by Gasteiger charge is 2.35. The molecule has 21 heavy (non-hydrogen) atoms. The van der Waals surface area contributed by atoms with E-state index >= 15 is 0 Å². The van der Waals surface area contributed by atoms with Gasteiger partial charge in [0.05, 0.1) is 12.3 Å². The van der Waals surface area contributed by atoms with Gasteiger partial charge in [-0.3, -0.25) is 9.88 Å². The smallest absolute Gasteiger partial charge is 0.0546 e. The average molecular weight is 289 g/mol. The molecule has 0 aromatic carbocycles. The lowest BCUT2D eigenvalue weighted by Crippen LogP contribution is -2.48. The molecule has 2 fully saturated rings. The van der Waals surface area contributed by atoms with Crippen LogP contribution in [0.5, 0.6) is 0 Å². The molecule has 0 bridgehead atoms. The number of ether oxygens (including phenoxy) is 1. The molecule has 4 nitrogen and oxygen atoms in total. The normalized spacial score (nSPS) is 26.2. The second-order valence-corrected chi connectivity index (χ2v) is 6.80. The van der Waals surface area contributed by atoms with Crippen molar-refractivity contribution in [3.63, 3.8) is 0 Å². The first-order valence-corrected chi connectivity index (χ1v) is 8.15. The first-order valence-electron chi connectivity index (χ1n) is 8.15. The lowest BCUT2D eigenvalue weighted by molar-refractivity contribution is -0.0240. The summed E-state index contributed by atoms with van der Waals surface area (Å²) in [5.41, 5.74) is 1.41. The number of rotatable bonds is 7. The Hall–Kier alpha value is -0.970. The van der Waals surface area contributed by atoms with Crippen molar-refractivity contribution < 1.29 is 4.74 Å². The number of pyridine rings is 1. The van der Waals surface area contributed by atoms with E-state index in [1.165, 1.54) is 25.7 Å². The molecule has 116 valence electrons. The predicted molar refractivity (Wildman–Crippen MR) is 84.1 cm³/mol. The second-order valence-electron chi connectivity index (χ2n) is 6.80. The van der Waals surface area contributed by atoms with Crippen LogP contribution in [-0.2, 0) is 11.3 Å². The van der Waals surface area contributed by atoms with Crippen molar-refractivity contribution in [3.05, 3.63) is 30.1 Å². The molecule has 0 spiro atoms. The topological polar surface area (TPSA) is 37.4 Å². The zero-order chi connectivity index (χ0) is 14.5. The van der Waals surface area contributed by atoms with Gasteiger partial charge in [-0.05, 0) is 44.9 Å². The summed E-state index contributed by atoms with van der Waals surface area (Å²) in [6.45, 7) is 4.88. The summed E-state index contributed by atoms with van der Waals surface area (Å²) in [7, 11) is 2.20. The second kappa shape index (κ2) is 6.86. The van der Waals surface area contributed by atoms with Crippen molar-refractivity contribution in [1.29, 1.82) is 0 Å². The Kier molecular flexibility index (Phi) is 4.88. The third-order valence-corrected chi connectivity index (χ3v) is 4.51. The van der Waals surface area contributed by atoms with Crippen molar-refractivity contribution in [3.8, 4) is 0 Å². The molecular formula is C17H27N3O. The Morgan fingerprint density at radius 2 is 2.33 bits per heavy atom. The number of nitrogens with zero attached hydrogens (tertiary/aromatic N) is 2. The molecule has 1 atom stereocenters. The summed E-state index contributed by atoms with van der Waals surface area (Å²) >= 11 is 0. The first-order chi connectivity index (χ1) is 10.3. The molecule has 1 saturated carbocycles. The number of aromatic nitrogens is 1. The Morgan fingerprint density at radius 1 is 1.43 bits per heavy atom. The van der Waals surface area contributed by atoms with Crippen LogP contribution in [0.3, 0.4) is 0 Å². The number of hydrogen-bond donors (Lipinski definition) is 1. The maximum Gasteiger partial charge on any atom is 0.0546 e. The molecule has 1 N–H and O–H groups in total. The summed E-state index contributed by atoms with van der Waals surface area (Å²) in [5, 5.41) is 3.71. The minimum absolute atomic E-state index is 0.268. The minimum Gasteiger partial charge on any atom is -0.381 e. The zero-order valence-electron chi connectivity index (χ0n) is 13.1. The van der Waals surface area contributed by atoms with Gasteiger partial charge >= 0.3 is 0 Å². The van der Waals surface area contributed by atoms with Gasteiger partial charge in [-0.2, -0.15) is 0 Å². The third kappa shape index (κ3) is 4.50. The van der Waals surface area contributed by atoms with E-state index in [9.17, 15) is 0 Å². The molecule has 1 aliphatic heterocycles. The van der Waals surface area contributed by atoms with Crippen molar-refractivity contribution in [2.24, 2.45) is 5.41 Å². The van der Waals surface area contributed by atoms with Crippen LogP contribution in [0.25, 0.3) is 0 Å². The first kappa shape index (κ1) is 14.9. The fourth-order valence-electron chi connectivity index (χ4n) is 3.28. The van der Waals surface area contributed by atoms with Gasteiger partial charge in [0.1, 0.15) is 0 Å². The molecule has 2 heterocycles. The SMILES string of the molecule is CN(Cc1ccccn1)CC1(CNC2CC2)CCCOC1. The monoisotopic (exact) mass is 289 g/mol. The number of hydrogen-bond acceptors (Lipinski definition) is 4. The third-order valence-electron chi connectivity index (χ3n) is 4.51.